The van der Waals surface area contributed by atoms with Gasteiger partial charge in [0.1, 0.15) is 42.4 Å². The molecule has 5 N–H and O–H groups in total. The molecule has 0 saturated carbocycles. The lowest BCUT2D eigenvalue weighted by Crippen LogP contribution is -2.63. The molecule has 0 spiro atoms. The standard InChI is InChI=1S/C41H67N6O9P/c1-4-5-6-7-8-9-10-11-12-13-14-15-16-17-18-19-24-52-28-34(53-27-33-21-20-32(25-42)26-44-33)29-54-57(50,51)55-30-36-37(48)38(49)41(3,56-36)40(2)23-22-35-39(43)45-31-46-47(35)40/h20-22,26,31,34,36-38,48-49H,4-19,23-24,27-30H2,1-3H3,(H,50,51)(H2,43,45,46)/t34-,36-,37-,38-,40?,41-/m1/s1. The summed E-state index contributed by atoms with van der Waals surface area (Å²) in [5.41, 5.74) is 5.25. The van der Waals surface area contributed by atoms with Gasteiger partial charge in [0.15, 0.2) is 5.84 Å². The van der Waals surface area contributed by atoms with Crippen molar-refractivity contribution in [1.29, 1.82) is 5.26 Å². The number of hydrogen-bond donors (Lipinski definition) is 4. The predicted octanol–water partition coefficient (Wildman–Crippen LogP) is 6.79. The number of nitrogens with two attached hydrogens (primary N) is 1. The van der Waals surface area contributed by atoms with E-state index in [2.05, 4.69) is 22.0 Å². The second-order valence-corrected chi connectivity index (χ2v) is 17.3. The summed E-state index contributed by atoms with van der Waals surface area (Å²) >= 11 is 0. The number of ether oxygens (including phenoxy) is 3. The first kappa shape index (κ1) is 46.9. The average Bonchev–Trinajstić information content (AvgIpc) is 3.68. The van der Waals surface area contributed by atoms with E-state index in [9.17, 15) is 19.7 Å². The molecule has 57 heavy (non-hydrogen) atoms. The third kappa shape index (κ3) is 13.9. The van der Waals surface area contributed by atoms with Crippen LogP contribution in [-0.2, 0) is 34.4 Å². The van der Waals surface area contributed by atoms with Crippen molar-refractivity contribution in [1.82, 2.24) is 9.99 Å². The molecule has 3 aliphatic heterocycles. The molecular formula is C41H67N6O9P. The molecule has 4 rings (SSSR count). The quantitative estimate of drug-likeness (QED) is 0.0485. The zero-order valence-electron chi connectivity index (χ0n) is 34.3. The molecule has 1 aromatic heterocycles. The zero-order chi connectivity index (χ0) is 41.2. The fourth-order valence-corrected chi connectivity index (χ4v) is 8.35. The van der Waals surface area contributed by atoms with Gasteiger partial charge in [-0.3, -0.25) is 19.0 Å². The van der Waals surface area contributed by atoms with Gasteiger partial charge in [0.25, 0.3) is 0 Å². The predicted molar refractivity (Wildman–Crippen MR) is 218 cm³/mol. The summed E-state index contributed by atoms with van der Waals surface area (Å²) in [6.07, 6.45) is 20.8. The van der Waals surface area contributed by atoms with Gasteiger partial charge in [-0.2, -0.15) is 10.4 Å². The van der Waals surface area contributed by atoms with Crippen molar-refractivity contribution in [3.8, 4) is 6.07 Å². The van der Waals surface area contributed by atoms with Crippen LogP contribution in [0.3, 0.4) is 0 Å². The number of phosphoric ester groups is 1. The van der Waals surface area contributed by atoms with Crippen molar-refractivity contribution in [3.63, 3.8) is 0 Å². The lowest BCUT2D eigenvalue weighted by Gasteiger charge is -2.47. The Morgan fingerprint density at radius 2 is 1.61 bits per heavy atom. The van der Waals surface area contributed by atoms with E-state index in [0.717, 1.165) is 19.3 Å². The number of aliphatic imine (C=N–C) groups is 1. The minimum Gasteiger partial charge on any atom is -0.387 e. The number of pyridine rings is 1. The monoisotopic (exact) mass is 818 g/mol. The van der Waals surface area contributed by atoms with Gasteiger partial charge in [0, 0.05) is 12.8 Å². The minimum absolute atomic E-state index is 0.0607. The van der Waals surface area contributed by atoms with E-state index >= 15 is 0 Å². The van der Waals surface area contributed by atoms with Crippen LogP contribution in [0.5, 0.6) is 0 Å². The number of amidine groups is 1. The van der Waals surface area contributed by atoms with Gasteiger partial charge in [-0.25, -0.2) is 9.56 Å². The third-order valence-corrected chi connectivity index (χ3v) is 12.4. The highest BCUT2D eigenvalue weighted by Crippen LogP contribution is 2.50. The van der Waals surface area contributed by atoms with Gasteiger partial charge in [0.05, 0.1) is 48.9 Å². The van der Waals surface area contributed by atoms with Crippen molar-refractivity contribution < 1.29 is 42.9 Å². The second kappa shape index (κ2) is 23.7. The zero-order valence-corrected chi connectivity index (χ0v) is 35.2. The molecule has 320 valence electrons. The molecule has 4 heterocycles. The number of unbranched alkanes of at least 4 members (excludes halogenated alkanes) is 15. The molecule has 1 aromatic rings. The normalized spacial score (nSPS) is 25.8. The molecule has 15 nitrogen and oxygen atoms in total. The summed E-state index contributed by atoms with van der Waals surface area (Å²) in [7, 11) is -4.68. The molecular weight excluding hydrogens is 751 g/mol. The van der Waals surface area contributed by atoms with Crippen LogP contribution in [0.15, 0.2) is 40.2 Å². The average molecular weight is 819 g/mol. The lowest BCUT2D eigenvalue weighted by atomic mass is 9.76. The number of aliphatic hydroxyl groups excluding tert-OH is 2. The van der Waals surface area contributed by atoms with Crippen molar-refractivity contribution in [2.24, 2.45) is 15.8 Å². The second-order valence-electron chi connectivity index (χ2n) is 15.8. The van der Waals surface area contributed by atoms with E-state index in [-0.39, 0.29) is 25.7 Å². The van der Waals surface area contributed by atoms with Crippen LogP contribution in [0.25, 0.3) is 0 Å². The smallest absolute Gasteiger partial charge is 0.387 e. The number of aromatic nitrogens is 1. The Balaban J connectivity index is 1.16. The minimum atomic E-state index is -4.68. The SMILES string of the molecule is CCCCCCCCCCCCCCCCCCOC[C@H](COP(=O)(O)OC[C@H]1O[C@@](C)(C2(C)CC=C3C(N)=NC=NN32)[C@H](O)[C@@H]1O)OCc1ccc(C#N)cn1. The summed E-state index contributed by atoms with van der Waals surface area (Å²) in [5, 5.41) is 37.2. The van der Waals surface area contributed by atoms with Crippen LogP contribution >= 0.6 is 7.82 Å². The van der Waals surface area contributed by atoms with Gasteiger partial charge in [0.2, 0.25) is 0 Å². The molecule has 0 aliphatic carbocycles. The van der Waals surface area contributed by atoms with Crippen molar-refractivity contribution in [2.45, 2.75) is 172 Å². The van der Waals surface area contributed by atoms with E-state index in [0.29, 0.717) is 30.0 Å². The first-order valence-corrected chi connectivity index (χ1v) is 22.5. The first-order valence-electron chi connectivity index (χ1n) is 21.0. The molecule has 1 saturated heterocycles. The Morgan fingerprint density at radius 1 is 0.982 bits per heavy atom. The molecule has 1 fully saturated rings. The molecule has 16 heteroatoms. The van der Waals surface area contributed by atoms with Gasteiger partial charge in [-0.05, 0) is 38.8 Å². The molecule has 0 bridgehead atoms. The lowest BCUT2D eigenvalue weighted by molar-refractivity contribution is -0.153. The number of hydrogen-bond acceptors (Lipinski definition) is 14. The summed E-state index contributed by atoms with van der Waals surface area (Å²) in [6, 6.07) is 5.33. The molecule has 0 amide bonds. The number of hydrazone groups is 1. The van der Waals surface area contributed by atoms with Gasteiger partial charge >= 0.3 is 7.82 Å². The number of rotatable bonds is 29. The van der Waals surface area contributed by atoms with E-state index in [1.165, 1.54) is 96.0 Å². The maximum atomic E-state index is 13.1. The molecule has 2 unspecified atom stereocenters. The fourth-order valence-electron chi connectivity index (χ4n) is 7.59. The Hall–Kier alpha value is -2.77. The maximum Gasteiger partial charge on any atom is 0.472 e. The number of nitrogens with zero attached hydrogens (tertiary/aromatic N) is 5. The number of aliphatic hydroxyl groups is 2. The van der Waals surface area contributed by atoms with Gasteiger partial charge in [-0.1, -0.05) is 109 Å². The van der Waals surface area contributed by atoms with E-state index in [4.69, 9.17) is 34.3 Å². The summed E-state index contributed by atoms with van der Waals surface area (Å²) in [5.74, 6) is 0.268. The highest BCUT2D eigenvalue weighted by molar-refractivity contribution is 7.47. The molecule has 0 radical (unpaired) electrons. The van der Waals surface area contributed by atoms with Gasteiger partial charge in [-0.15, -0.1) is 0 Å². The number of fused-ring (bicyclic) bond motifs is 1. The topological polar surface area (TPSA) is 215 Å². The van der Waals surface area contributed by atoms with Crippen LogP contribution in [0, 0.1) is 11.3 Å². The molecule has 0 aromatic carbocycles. The highest BCUT2D eigenvalue weighted by Gasteiger charge is 2.64. The molecule has 3 aliphatic rings. The Bertz CT molecular complexity index is 1540. The van der Waals surface area contributed by atoms with E-state index < -0.39 is 50.0 Å². The summed E-state index contributed by atoms with van der Waals surface area (Å²) in [4.78, 5) is 18.9. The maximum absolute atomic E-state index is 13.1. The molecule has 7 atom stereocenters. The summed E-state index contributed by atoms with van der Waals surface area (Å²) < 4.78 is 41.8. The Labute approximate surface area is 339 Å². The van der Waals surface area contributed by atoms with E-state index in [1.807, 2.05) is 19.1 Å². The summed E-state index contributed by atoms with van der Waals surface area (Å²) in [6.45, 7) is 5.53. The largest absolute Gasteiger partial charge is 0.472 e. The van der Waals surface area contributed by atoms with Crippen LogP contribution in [0.4, 0.5) is 0 Å². The van der Waals surface area contributed by atoms with Crippen molar-refractivity contribution in [2.75, 3.05) is 26.4 Å². The Morgan fingerprint density at radius 3 is 2.21 bits per heavy atom. The van der Waals surface area contributed by atoms with E-state index in [1.54, 1.807) is 24.1 Å². The third-order valence-electron chi connectivity index (χ3n) is 11.4. The number of phosphoric acid groups is 1. The van der Waals surface area contributed by atoms with Crippen LogP contribution in [0.1, 0.15) is 141 Å². The van der Waals surface area contributed by atoms with Crippen molar-refractivity contribution >= 4 is 20.0 Å². The van der Waals surface area contributed by atoms with Crippen LogP contribution in [0.2, 0.25) is 0 Å². The van der Waals surface area contributed by atoms with Crippen molar-refractivity contribution in [3.05, 3.63) is 41.4 Å². The van der Waals surface area contributed by atoms with Crippen LogP contribution in [-0.4, -0.2) is 99.3 Å². The van der Waals surface area contributed by atoms with Gasteiger partial charge < -0.3 is 35.1 Å². The first-order chi connectivity index (χ1) is 27.4. The number of nitriles is 1. The Kier molecular flexibility index (Phi) is 19.5. The fraction of sp³-hybridized carbons (Fsp3) is 0.756. The van der Waals surface area contributed by atoms with Crippen LogP contribution < -0.4 is 5.73 Å². The highest BCUT2D eigenvalue weighted by atomic mass is 31.2.